The Kier molecular flexibility index (Phi) is 4.74. The van der Waals surface area contributed by atoms with E-state index in [9.17, 15) is 4.79 Å². The molecular weight excluding hydrogens is 236 g/mol. The van der Waals surface area contributed by atoms with Crippen LogP contribution in [-0.4, -0.2) is 25.0 Å². The van der Waals surface area contributed by atoms with Gasteiger partial charge in [-0.3, -0.25) is 4.79 Å². The van der Waals surface area contributed by atoms with Crippen molar-refractivity contribution in [3.8, 4) is 0 Å². The molecule has 0 aromatic heterocycles. The molecule has 1 fully saturated rings. The quantitative estimate of drug-likeness (QED) is 0.814. The maximum Gasteiger partial charge on any atom is 0.244 e. The van der Waals surface area contributed by atoms with Crippen molar-refractivity contribution in [1.29, 1.82) is 0 Å². The lowest BCUT2D eigenvalue weighted by atomic mass is 10.0. The van der Waals surface area contributed by atoms with Crippen molar-refractivity contribution in [1.82, 2.24) is 10.6 Å². The number of carbonyl (C=O) groups is 1. The molecule has 0 saturated carbocycles. The van der Waals surface area contributed by atoms with Crippen LogP contribution in [-0.2, 0) is 4.79 Å². The van der Waals surface area contributed by atoms with Crippen molar-refractivity contribution in [2.24, 2.45) is 0 Å². The number of benzene rings is 1. The number of hydrogen-bond donors (Lipinski definition) is 2. The van der Waals surface area contributed by atoms with Crippen LogP contribution in [0.25, 0.3) is 6.08 Å². The molecule has 0 aliphatic carbocycles. The SMILES string of the molecule is CC(C)c1ccc(/C=C/C(=O)NC2CCNC2)cc1. The highest BCUT2D eigenvalue weighted by Crippen LogP contribution is 2.15. The molecular formula is C16H22N2O. The van der Waals surface area contributed by atoms with Gasteiger partial charge in [-0.2, -0.15) is 0 Å². The third kappa shape index (κ3) is 4.21. The van der Waals surface area contributed by atoms with E-state index in [0.29, 0.717) is 5.92 Å². The normalized spacial score (nSPS) is 19.2. The molecule has 0 radical (unpaired) electrons. The molecule has 0 bridgehead atoms. The molecule has 1 aromatic carbocycles. The predicted molar refractivity (Wildman–Crippen MR) is 79.0 cm³/mol. The minimum absolute atomic E-state index is 0.0124. The molecule has 1 aromatic rings. The Balaban J connectivity index is 1.88. The van der Waals surface area contributed by atoms with E-state index in [-0.39, 0.29) is 11.9 Å². The molecule has 19 heavy (non-hydrogen) atoms. The first-order valence-corrected chi connectivity index (χ1v) is 6.94. The summed E-state index contributed by atoms with van der Waals surface area (Å²) in [6, 6.07) is 8.61. The number of amides is 1. The zero-order valence-electron chi connectivity index (χ0n) is 11.6. The van der Waals surface area contributed by atoms with Gasteiger partial charge in [0.15, 0.2) is 0 Å². The van der Waals surface area contributed by atoms with E-state index in [0.717, 1.165) is 25.1 Å². The molecule has 102 valence electrons. The van der Waals surface area contributed by atoms with Gasteiger partial charge in [-0.15, -0.1) is 0 Å². The first kappa shape index (κ1) is 13.8. The number of rotatable bonds is 4. The van der Waals surface area contributed by atoms with Gasteiger partial charge in [0.25, 0.3) is 0 Å². The standard InChI is InChI=1S/C16H22N2O/c1-12(2)14-6-3-13(4-7-14)5-8-16(19)18-15-9-10-17-11-15/h3-8,12,15,17H,9-11H2,1-2H3,(H,18,19)/b8-5+. The van der Waals surface area contributed by atoms with Crippen LogP contribution in [0.2, 0.25) is 0 Å². The monoisotopic (exact) mass is 258 g/mol. The van der Waals surface area contributed by atoms with Crippen molar-refractivity contribution >= 4 is 12.0 Å². The molecule has 3 nitrogen and oxygen atoms in total. The molecule has 1 atom stereocenters. The zero-order valence-corrected chi connectivity index (χ0v) is 11.6. The van der Waals surface area contributed by atoms with Gasteiger partial charge in [-0.1, -0.05) is 38.1 Å². The summed E-state index contributed by atoms with van der Waals surface area (Å²) in [7, 11) is 0. The Bertz CT molecular complexity index is 442. The first-order chi connectivity index (χ1) is 9.15. The van der Waals surface area contributed by atoms with Crippen molar-refractivity contribution in [3.05, 3.63) is 41.5 Å². The minimum Gasteiger partial charge on any atom is -0.348 e. The summed E-state index contributed by atoms with van der Waals surface area (Å²) in [5.41, 5.74) is 2.38. The van der Waals surface area contributed by atoms with E-state index >= 15 is 0 Å². The molecule has 1 unspecified atom stereocenters. The van der Waals surface area contributed by atoms with E-state index < -0.39 is 0 Å². The Morgan fingerprint density at radius 2 is 2.11 bits per heavy atom. The lowest BCUT2D eigenvalue weighted by Gasteiger charge is -2.08. The second kappa shape index (κ2) is 6.53. The third-order valence-electron chi connectivity index (χ3n) is 3.44. The van der Waals surface area contributed by atoms with Gasteiger partial charge < -0.3 is 10.6 Å². The van der Waals surface area contributed by atoms with Crippen LogP contribution in [0.4, 0.5) is 0 Å². The van der Waals surface area contributed by atoms with Crippen molar-refractivity contribution in [2.75, 3.05) is 13.1 Å². The second-order valence-corrected chi connectivity index (χ2v) is 5.35. The van der Waals surface area contributed by atoms with E-state index in [1.807, 2.05) is 6.08 Å². The predicted octanol–water partition coefficient (Wildman–Crippen LogP) is 2.30. The van der Waals surface area contributed by atoms with Gasteiger partial charge in [0.05, 0.1) is 0 Å². The van der Waals surface area contributed by atoms with Gasteiger partial charge >= 0.3 is 0 Å². The summed E-state index contributed by atoms with van der Waals surface area (Å²) >= 11 is 0. The molecule has 2 rings (SSSR count). The summed E-state index contributed by atoms with van der Waals surface area (Å²) in [5.74, 6) is 0.526. The van der Waals surface area contributed by atoms with Crippen molar-refractivity contribution in [2.45, 2.75) is 32.2 Å². The third-order valence-corrected chi connectivity index (χ3v) is 3.44. The van der Waals surface area contributed by atoms with Crippen LogP contribution in [0, 0.1) is 0 Å². The molecule has 1 saturated heterocycles. The molecule has 0 spiro atoms. The molecule has 1 aliphatic heterocycles. The van der Waals surface area contributed by atoms with E-state index in [2.05, 4.69) is 48.7 Å². The van der Waals surface area contributed by atoms with Gasteiger partial charge in [0.2, 0.25) is 5.91 Å². The zero-order chi connectivity index (χ0) is 13.7. The number of hydrogen-bond acceptors (Lipinski definition) is 2. The van der Waals surface area contributed by atoms with E-state index in [1.54, 1.807) is 6.08 Å². The van der Waals surface area contributed by atoms with Crippen LogP contribution >= 0.6 is 0 Å². The molecule has 1 amide bonds. The highest BCUT2D eigenvalue weighted by molar-refractivity contribution is 5.91. The van der Waals surface area contributed by atoms with Gasteiger partial charge in [0, 0.05) is 18.7 Å². The lowest BCUT2D eigenvalue weighted by molar-refractivity contribution is -0.117. The highest BCUT2D eigenvalue weighted by Gasteiger charge is 2.14. The molecule has 3 heteroatoms. The summed E-state index contributed by atoms with van der Waals surface area (Å²) < 4.78 is 0. The summed E-state index contributed by atoms with van der Waals surface area (Å²) in [6.45, 7) is 6.22. The minimum atomic E-state index is -0.0124. The fourth-order valence-corrected chi connectivity index (χ4v) is 2.19. The van der Waals surface area contributed by atoms with Crippen LogP contribution in [0.5, 0.6) is 0 Å². The van der Waals surface area contributed by atoms with Crippen molar-refractivity contribution < 1.29 is 4.79 Å². The Hall–Kier alpha value is -1.61. The van der Waals surface area contributed by atoms with E-state index in [1.165, 1.54) is 5.56 Å². The van der Waals surface area contributed by atoms with Crippen LogP contribution in [0.1, 0.15) is 37.3 Å². The maximum absolute atomic E-state index is 11.7. The number of carbonyl (C=O) groups excluding carboxylic acids is 1. The Labute approximate surface area is 115 Å². The lowest BCUT2D eigenvalue weighted by Crippen LogP contribution is -2.34. The molecule has 1 heterocycles. The van der Waals surface area contributed by atoms with Crippen molar-refractivity contribution in [3.63, 3.8) is 0 Å². The van der Waals surface area contributed by atoms with Crippen LogP contribution < -0.4 is 10.6 Å². The highest BCUT2D eigenvalue weighted by atomic mass is 16.1. The fraction of sp³-hybridized carbons (Fsp3) is 0.438. The first-order valence-electron chi connectivity index (χ1n) is 6.94. The smallest absolute Gasteiger partial charge is 0.244 e. The average Bonchev–Trinajstić information content (AvgIpc) is 2.89. The summed E-state index contributed by atoms with van der Waals surface area (Å²) in [5, 5.41) is 6.22. The summed E-state index contributed by atoms with van der Waals surface area (Å²) in [6.07, 6.45) is 4.49. The summed E-state index contributed by atoms with van der Waals surface area (Å²) in [4.78, 5) is 11.7. The van der Waals surface area contributed by atoms with Crippen LogP contribution in [0.3, 0.4) is 0 Å². The molecule has 1 aliphatic rings. The second-order valence-electron chi connectivity index (χ2n) is 5.35. The van der Waals surface area contributed by atoms with Crippen LogP contribution in [0.15, 0.2) is 30.3 Å². The Morgan fingerprint density at radius 1 is 1.37 bits per heavy atom. The Morgan fingerprint density at radius 3 is 2.68 bits per heavy atom. The largest absolute Gasteiger partial charge is 0.348 e. The molecule has 2 N–H and O–H groups in total. The van der Waals surface area contributed by atoms with E-state index in [4.69, 9.17) is 0 Å². The number of nitrogens with one attached hydrogen (secondary N) is 2. The van der Waals surface area contributed by atoms with Gasteiger partial charge in [0.1, 0.15) is 0 Å². The maximum atomic E-state index is 11.7. The fourth-order valence-electron chi connectivity index (χ4n) is 2.19. The van der Waals surface area contributed by atoms with Gasteiger partial charge in [-0.25, -0.2) is 0 Å². The average molecular weight is 258 g/mol. The van der Waals surface area contributed by atoms with Gasteiger partial charge in [-0.05, 0) is 36.1 Å². The topological polar surface area (TPSA) is 41.1 Å².